The SMILES string of the molecule is COC(CNc1nc(-c2ccccn2)nc2c1c(C)nn2C)c1cccs1. The Morgan fingerprint density at radius 2 is 2.11 bits per heavy atom. The number of ether oxygens (including phenoxy) is 1. The fourth-order valence-corrected chi connectivity index (χ4v) is 3.84. The molecule has 0 bridgehead atoms. The molecule has 4 heterocycles. The highest BCUT2D eigenvalue weighted by Gasteiger charge is 2.18. The van der Waals surface area contributed by atoms with E-state index in [0.29, 0.717) is 12.4 Å². The van der Waals surface area contributed by atoms with Gasteiger partial charge in [-0.15, -0.1) is 11.3 Å². The number of rotatable bonds is 6. The van der Waals surface area contributed by atoms with Crippen LogP contribution in [0.5, 0.6) is 0 Å². The van der Waals surface area contributed by atoms with E-state index in [1.54, 1.807) is 29.3 Å². The Bertz CT molecular complexity index is 1050. The summed E-state index contributed by atoms with van der Waals surface area (Å²) in [5.41, 5.74) is 2.38. The molecule has 4 aromatic heterocycles. The maximum Gasteiger partial charge on any atom is 0.182 e. The second kappa shape index (κ2) is 7.42. The zero-order valence-electron chi connectivity index (χ0n) is 15.4. The van der Waals surface area contributed by atoms with E-state index in [9.17, 15) is 0 Å². The van der Waals surface area contributed by atoms with Crippen molar-refractivity contribution in [2.75, 3.05) is 19.0 Å². The first-order chi connectivity index (χ1) is 13.2. The molecule has 0 aliphatic carbocycles. The summed E-state index contributed by atoms with van der Waals surface area (Å²) >= 11 is 1.68. The van der Waals surface area contributed by atoms with Crippen LogP contribution in [0.3, 0.4) is 0 Å². The van der Waals surface area contributed by atoms with Crippen molar-refractivity contribution in [2.45, 2.75) is 13.0 Å². The fourth-order valence-electron chi connectivity index (χ4n) is 3.04. The zero-order chi connectivity index (χ0) is 18.8. The molecule has 1 atom stereocenters. The quantitative estimate of drug-likeness (QED) is 0.551. The molecule has 0 radical (unpaired) electrons. The Morgan fingerprint density at radius 1 is 1.22 bits per heavy atom. The summed E-state index contributed by atoms with van der Waals surface area (Å²) in [6.07, 6.45) is 1.69. The minimum Gasteiger partial charge on any atom is -0.374 e. The van der Waals surface area contributed by atoms with Crippen molar-refractivity contribution < 1.29 is 4.74 Å². The van der Waals surface area contributed by atoms with Gasteiger partial charge in [0.05, 0.1) is 11.1 Å². The molecule has 0 saturated carbocycles. The lowest BCUT2D eigenvalue weighted by Gasteiger charge is -2.16. The lowest BCUT2D eigenvalue weighted by molar-refractivity contribution is 0.117. The third-order valence-corrected chi connectivity index (χ3v) is 5.32. The molecular weight excluding hydrogens is 360 g/mol. The number of thiophene rings is 1. The number of aromatic nitrogens is 5. The number of nitrogens with one attached hydrogen (secondary N) is 1. The van der Waals surface area contributed by atoms with Crippen molar-refractivity contribution in [1.82, 2.24) is 24.7 Å². The first-order valence-corrected chi connectivity index (χ1v) is 9.48. The number of methoxy groups -OCH3 is 1. The number of hydrogen-bond acceptors (Lipinski definition) is 7. The van der Waals surface area contributed by atoms with Gasteiger partial charge in [0.15, 0.2) is 11.5 Å². The standard InChI is InChI=1S/C19H20N6OS/c1-12-16-18(21-11-14(26-3)15-8-6-10-27-15)22-17(13-7-4-5-9-20-13)23-19(16)25(2)24-12/h4-10,14H,11H2,1-3H3,(H,21,22,23). The van der Waals surface area contributed by atoms with Crippen LogP contribution in [0.25, 0.3) is 22.6 Å². The second-order valence-corrected chi connectivity index (χ2v) is 7.12. The molecular formula is C19H20N6OS. The smallest absolute Gasteiger partial charge is 0.182 e. The molecule has 4 aromatic rings. The van der Waals surface area contributed by atoms with E-state index in [2.05, 4.69) is 31.8 Å². The lowest BCUT2D eigenvalue weighted by Crippen LogP contribution is -2.15. The molecule has 8 heteroatoms. The van der Waals surface area contributed by atoms with Gasteiger partial charge in [0.1, 0.15) is 17.6 Å². The van der Waals surface area contributed by atoms with Gasteiger partial charge < -0.3 is 10.1 Å². The van der Waals surface area contributed by atoms with Crippen LogP contribution in [0.4, 0.5) is 5.82 Å². The minimum absolute atomic E-state index is 0.0507. The topological polar surface area (TPSA) is 77.8 Å². The van der Waals surface area contributed by atoms with Crippen LogP contribution >= 0.6 is 11.3 Å². The number of hydrogen-bond donors (Lipinski definition) is 1. The summed E-state index contributed by atoms with van der Waals surface area (Å²) in [5.74, 6) is 1.31. The molecule has 27 heavy (non-hydrogen) atoms. The lowest BCUT2D eigenvalue weighted by atomic mass is 10.2. The van der Waals surface area contributed by atoms with Gasteiger partial charge in [-0.3, -0.25) is 9.67 Å². The summed E-state index contributed by atoms with van der Waals surface area (Å²) in [6.45, 7) is 2.56. The number of anilines is 1. The van der Waals surface area contributed by atoms with Crippen molar-refractivity contribution in [3.63, 3.8) is 0 Å². The molecule has 1 N–H and O–H groups in total. The van der Waals surface area contributed by atoms with E-state index >= 15 is 0 Å². The fraction of sp³-hybridized carbons (Fsp3) is 0.263. The molecule has 0 spiro atoms. The molecule has 138 valence electrons. The van der Waals surface area contributed by atoms with Crippen molar-refractivity contribution in [3.05, 3.63) is 52.5 Å². The summed E-state index contributed by atoms with van der Waals surface area (Å²) in [5, 5.41) is 10.9. The van der Waals surface area contributed by atoms with E-state index in [-0.39, 0.29) is 6.10 Å². The molecule has 7 nitrogen and oxygen atoms in total. The normalized spacial score (nSPS) is 12.4. The molecule has 0 aliphatic rings. The highest BCUT2D eigenvalue weighted by molar-refractivity contribution is 7.10. The van der Waals surface area contributed by atoms with Crippen LogP contribution in [0.15, 0.2) is 41.9 Å². The maximum absolute atomic E-state index is 5.65. The largest absolute Gasteiger partial charge is 0.374 e. The predicted molar refractivity (Wildman–Crippen MR) is 107 cm³/mol. The van der Waals surface area contributed by atoms with E-state index in [1.807, 2.05) is 38.2 Å². The summed E-state index contributed by atoms with van der Waals surface area (Å²) < 4.78 is 7.42. The number of aryl methyl sites for hydroxylation is 2. The van der Waals surface area contributed by atoms with Crippen LogP contribution in [0.2, 0.25) is 0 Å². The second-order valence-electron chi connectivity index (χ2n) is 6.14. The van der Waals surface area contributed by atoms with Crippen molar-refractivity contribution in [1.29, 1.82) is 0 Å². The third kappa shape index (κ3) is 3.41. The Balaban J connectivity index is 1.74. The van der Waals surface area contributed by atoms with Gasteiger partial charge in [-0.1, -0.05) is 12.1 Å². The monoisotopic (exact) mass is 380 g/mol. The molecule has 0 aliphatic heterocycles. The van der Waals surface area contributed by atoms with Crippen LogP contribution < -0.4 is 5.32 Å². The number of pyridine rings is 1. The Hall–Kier alpha value is -2.84. The molecule has 4 rings (SSSR count). The number of fused-ring (bicyclic) bond motifs is 1. The van der Waals surface area contributed by atoms with Gasteiger partial charge in [-0.05, 0) is 30.5 Å². The summed E-state index contributed by atoms with van der Waals surface area (Å²) in [4.78, 5) is 15.0. The third-order valence-electron chi connectivity index (χ3n) is 4.35. The van der Waals surface area contributed by atoms with Gasteiger partial charge in [0, 0.05) is 31.8 Å². The number of nitrogens with zero attached hydrogens (tertiary/aromatic N) is 5. The predicted octanol–water partition coefficient (Wildman–Crippen LogP) is 3.59. The van der Waals surface area contributed by atoms with E-state index < -0.39 is 0 Å². The molecule has 0 fully saturated rings. The van der Waals surface area contributed by atoms with Gasteiger partial charge in [0.25, 0.3) is 0 Å². The molecule has 1 unspecified atom stereocenters. The van der Waals surface area contributed by atoms with Gasteiger partial charge in [0.2, 0.25) is 0 Å². The van der Waals surface area contributed by atoms with Crippen molar-refractivity contribution in [2.24, 2.45) is 7.05 Å². The Kier molecular flexibility index (Phi) is 4.83. The van der Waals surface area contributed by atoms with E-state index in [0.717, 1.165) is 28.2 Å². The molecule has 0 amide bonds. The highest BCUT2D eigenvalue weighted by atomic mass is 32.1. The highest BCUT2D eigenvalue weighted by Crippen LogP contribution is 2.28. The van der Waals surface area contributed by atoms with Crippen molar-refractivity contribution in [3.8, 4) is 11.5 Å². The maximum atomic E-state index is 5.65. The van der Waals surface area contributed by atoms with Gasteiger partial charge >= 0.3 is 0 Å². The Morgan fingerprint density at radius 3 is 2.81 bits per heavy atom. The minimum atomic E-state index is -0.0507. The summed E-state index contributed by atoms with van der Waals surface area (Å²) in [6, 6.07) is 9.80. The average molecular weight is 380 g/mol. The van der Waals surface area contributed by atoms with Crippen LogP contribution in [0.1, 0.15) is 16.7 Å². The zero-order valence-corrected chi connectivity index (χ0v) is 16.2. The van der Waals surface area contributed by atoms with Gasteiger partial charge in [-0.2, -0.15) is 5.10 Å². The first-order valence-electron chi connectivity index (χ1n) is 8.60. The van der Waals surface area contributed by atoms with E-state index in [4.69, 9.17) is 9.72 Å². The van der Waals surface area contributed by atoms with Gasteiger partial charge in [-0.25, -0.2) is 9.97 Å². The molecule has 0 saturated heterocycles. The van der Waals surface area contributed by atoms with Crippen LogP contribution in [-0.4, -0.2) is 38.4 Å². The van der Waals surface area contributed by atoms with Crippen LogP contribution in [-0.2, 0) is 11.8 Å². The van der Waals surface area contributed by atoms with Crippen molar-refractivity contribution >= 4 is 28.2 Å². The first kappa shape index (κ1) is 17.6. The summed E-state index contributed by atoms with van der Waals surface area (Å²) in [7, 11) is 3.61. The Labute approximate surface area is 161 Å². The van der Waals surface area contributed by atoms with E-state index in [1.165, 1.54) is 4.88 Å². The molecule has 0 aromatic carbocycles. The van der Waals surface area contributed by atoms with Crippen LogP contribution in [0, 0.1) is 6.92 Å². The average Bonchev–Trinajstić information content (AvgIpc) is 3.32.